The van der Waals surface area contributed by atoms with E-state index in [9.17, 15) is 15.8 Å². The minimum absolute atomic E-state index is 0.122. The predicted molar refractivity (Wildman–Crippen MR) is 111 cm³/mol. The van der Waals surface area contributed by atoms with Gasteiger partial charge < -0.3 is 5.41 Å². The second-order valence-electron chi connectivity index (χ2n) is 7.76. The first-order chi connectivity index (χ1) is 14.6. The Bertz CT molecular complexity index is 1090. The van der Waals surface area contributed by atoms with Crippen LogP contribution in [0.3, 0.4) is 0 Å². The van der Waals surface area contributed by atoms with Gasteiger partial charge in [0.25, 0.3) is 0 Å². The van der Waals surface area contributed by atoms with Gasteiger partial charge >= 0.3 is 0 Å². The van der Waals surface area contributed by atoms with Gasteiger partial charge in [-0.05, 0) is 22.8 Å². The molecule has 0 saturated heterocycles. The molecule has 0 spiro atoms. The highest BCUT2D eigenvalue weighted by atomic mass is 15.1. The van der Waals surface area contributed by atoms with Gasteiger partial charge in [0.2, 0.25) is 0 Å². The van der Waals surface area contributed by atoms with Gasteiger partial charge in [-0.25, -0.2) is 0 Å². The summed E-state index contributed by atoms with van der Waals surface area (Å²) in [4.78, 5) is 6.45. The first kappa shape index (κ1) is 19.5. The summed E-state index contributed by atoms with van der Waals surface area (Å²) in [5, 5.41) is 38.6. The lowest BCUT2D eigenvalue weighted by molar-refractivity contribution is 0.198. The van der Waals surface area contributed by atoms with Crippen LogP contribution in [0.5, 0.6) is 0 Å². The monoisotopic (exact) mass is 392 g/mol. The van der Waals surface area contributed by atoms with E-state index < -0.39 is 17.3 Å². The Labute approximate surface area is 175 Å². The fourth-order valence-electron chi connectivity index (χ4n) is 4.77. The summed E-state index contributed by atoms with van der Waals surface area (Å²) in [7, 11) is 0. The summed E-state index contributed by atoms with van der Waals surface area (Å²) in [5.41, 5.74) is 0.963. The molecule has 1 aromatic carbocycles. The number of hydrogen-bond donors (Lipinski definition) is 1. The first-order valence-electron chi connectivity index (χ1n) is 9.81. The Kier molecular flexibility index (Phi) is 5.15. The zero-order valence-corrected chi connectivity index (χ0v) is 16.4. The Morgan fingerprint density at radius 2 is 1.87 bits per heavy atom. The van der Waals surface area contributed by atoms with E-state index in [1.165, 1.54) is 5.56 Å². The van der Waals surface area contributed by atoms with Gasteiger partial charge in [-0.3, -0.25) is 9.88 Å². The number of pyridine rings is 1. The van der Waals surface area contributed by atoms with Crippen molar-refractivity contribution < 1.29 is 0 Å². The van der Waals surface area contributed by atoms with Crippen LogP contribution in [-0.4, -0.2) is 28.7 Å². The number of benzene rings is 1. The molecular weight excluding hydrogens is 372 g/mol. The molecule has 1 unspecified atom stereocenters. The third-order valence-corrected chi connectivity index (χ3v) is 6.16. The Morgan fingerprint density at radius 3 is 2.50 bits per heavy atom. The number of rotatable bonds is 3. The molecule has 1 aliphatic carbocycles. The fourth-order valence-corrected chi connectivity index (χ4v) is 4.77. The van der Waals surface area contributed by atoms with Gasteiger partial charge in [-0.15, -0.1) is 0 Å². The van der Waals surface area contributed by atoms with Crippen LogP contribution in [0, 0.1) is 56.7 Å². The molecule has 2 aromatic rings. The van der Waals surface area contributed by atoms with E-state index in [1.54, 1.807) is 18.5 Å². The Hall–Kier alpha value is -3.79. The third kappa shape index (κ3) is 3.07. The molecule has 2 aliphatic rings. The molecule has 0 bridgehead atoms. The van der Waals surface area contributed by atoms with Crippen LogP contribution in [0.15, 0.2) is 66.5 Å². The summed E-state index contributed by atoms with van der Waals surface area (Å²) >= 11 is 0. The van der Waals surface area contributed by atoms with E-state index in [-0.39, 0.29) is 11.6 Å². The number of aromatic nitrogens is 1. The van der Waals surface area contributed by atoms with Crippen LogP contribution in [0.2, 0.25) is 0 Å². The molecule has 2 heterocycles. The standard InChI is InChI=1S/C24H20N6/c25-11-20-19-8-10-30(13-17-5-2-1-3-6-17)14-21(19)22(18-7-4-9-29-12-18)24(15-26,16-27)23(20)28/h1-9,12,20-22,28H,10,13-14H2/t20?,21-,22+/m1/s1. The van der Waals surface area contributed by atoms with Gasteiger partial charge in [0.15, 0.2) is 5.41 Å². The van der Waals surface area contributed by atoms with Crippen LogP contribution in [0.25, 0.3) is 0 Å². The van der Waals surface area contributed by atoms with E-state index in [4.69, 9.17) is 5.41 Å². The van der Waals surface area contributed by atoms with Crippen LogP contribution in [0.1, 0.15) is 17.0 Å². The van der Waals surface area contributed by atoms with Gasteiger partial charge in [0.1, 0.15) is 5.92 Å². The minimum Gasteiger partial charge on any atom is -0.305 e. The van der Waals surface area contributed by atoms with E-state index in [0.717, 1.165) is 17.7 Å². The smallest absolute Gasteiger partial charge is 0.189 e. The lowest BCUT2D eigenvalue weighted by atomic mass is 9.54. The van der Waals surface area contributed by atoms with Crippen molar-refractivity contribution in [2.45, 2.75) is 12.5 Å². The normalized spacial score (nSPS) is 25.2. The van der Waals surface area contributed by atoms with Crippen LogP contribution < -0.4 is 0 Å². The van der Waals surface area contributed by atoms with Crippen LogP contribution in [-0.2, 0) is 6.54 Å². The molecular formula is C24H20N6. The maximum absolute atomic E-state index is 10.1. The molecule has 1 fully saturated rings. The van der Waals surface area contributed by atoms with E-state index in [2.05, 4.69) is 40.2 Å². The molecule has 6 nitrogen and oxygen atoms in total. The number of nitriles is 3. The molecule has 0 amide bonds. The van der Waals surface area contributed by atoms with Crippen molar-refractivity contribution in [1.82, 2.24) is 9.88 Å². The molecule has 3 atom stereocenters. The summed E-state index contributed by atoms with van der Waals surface area (Å²) in [6, 6.07) is 20.2. The van der Waals surface area contributed by atoms with E-state index in [0.29, 0.717) is 13.1 Å². The van der Waals surface area contributed by atoms with Gasteiger partial charge in [0.05, 0.1) is 23.9 Å². The average molecular weight is 392 g/mol. The number of nitrogens with one attached hydrogen (secondary N) is 1. The third-order valence-electron chi connectivity index (χ3n) is 6.16. The van der Waals surface area contributed by atoms with Crippen molar-refractivity contribution >= 4 is 5.71 Å². The van der Waals surface area contributed by atoms with Crippen molar-refractivity contribution in [3.05, 3.63) is 77.6 Å². The highest BCUT2D eigenvalue weighted by molar-refractivity contribution is 6.00. The summed E-state index contributed by atoms with van der Waals surface area (Å²) in [6.45, 7) is 2.01. The molecule has 1 N–H and O–H groups in total. The van der Waals surface area contributed by atoms with Gasteiger partial charge in [0, 0.05) is 43.9 Å². The first-order valence-corrected chi connectivity index (χ1v) is 9.81. The minimum atomic E-state index is -1.69. The second kappa shape index (κ2) is 7.91. The lowest BCUT2D eigenvalue weighted by Crippen LogP contribution is -2.52. The predicted octanol–water partition coefficient (Wildman–Crippen LogP) is 3.43. The Morgan fingerprint density at radius 1 is 1.10 bits per heavy atom. The number of hydrogen-bond acceptors (Lipinski definition) is 6. The topological polar surface area (TPSA) is 111 Å². The number of fused-ring (bicyclic) bond motifs is 1. The SMILES string of the molecule is N#CC1C(=N)C(C#N)(C#N)[C@@H](c2cccnc2)[C@@H]2CN(Cc3ccccc3)CC=C12. The zero-order chi connectivity index (χ0) is 21.1. The fraction of sp³-hybridized carbons (Fsp3) is 0.292. The summed E-state index contributed by atoms with van der Waals surface area (Å²) in [5.74, 6) is -1.62. The van der Waals surface area contributed by atoms with E-state index >= 15 is 0 Å². The lowest BCUT2D eigenvalue weighted by Gasteiger charge is -2.47. The molecule has 4 rings (SSSR count). The number of nitrogens with zero attached hydrogens (tertiary/aromatic N) is 5. The zero-order valence-electron chi connectivity index (χ0n) is 16.4. The second-order valence-corrected chi connectivity index (χ2v) is 7.76. The van der Waals surface area contributed by atoms with Gasteiger partial charge in [-0.1, -0.05) is 42.5 Å². The maximum Gasteiger partial charge on any atom is 0.189 e. The van der Waals surface area contributed by atoms with Gasteiger partial charge in [-0.2, -0.15) is 15.8 Å². The van der Waals surface area contributed by atoms with Crippen molar-refractivity contribution in [3.8, 4) is 18.2 Å². The summed E-state index contributed by atoms with van der Waals surface area (Å²) < 4.78 is 0. The van der Waals surface area contributed by atoms with Crippen LogP contribution >= 0.6 is 0 Å². The van der Waals surface area contributed by atoms with E-state index in [1.807, 2.05) is 30.3 Å². The molecule has 1 saturated carbocycles. The van der Waals surface area contributed by atoms with Crippen molar-refractivity contribution in [1.29, 1.82) is 21.2 Å². The highest BCUT2D eigenvalue weighted by Gasteiger charge is 2.57. The molecule has 1 aromatic heterocycles. The molecule has 0 radical (unpaired) electrons. The quantitative estimate of drug-likeness (QED) is 0.804. The van der Waals surface area contributed by atoms with Crippen molar-refractivity contribution in [2.24, 2.45) is 17.3 Å². The molecule has 146 valence electrons. The molecule has 6 heteroatoms. The average Bonchev–Trinajstić information content (AvgIpc) is 2.80. The molecule has 1 aliphatic heterocycles. The Balaban J connectivity index is 1.80. The molecule has 30 heavy (non-hydrogen) atoms. The summed E-state index contributed by atoms with van der Waals surface area (Å²) in [6.07, 6.45) is 5.33. The maximum atomic E-state index is 10.1. The van der Waals surface area contributed by atoms with Crippen molar-refractivity contribution in [3.63, 3.8) is 0 Å². The van der Waals surface area contributed by atoms with Crippen LogP contribution in [0.4, 0.5) is 0 Å². The largest absolute Gasteiger partial charge is 0.305 e. The highest BCUT2D eigenvalue weighted by Crippen LogP contribution is 2.53. The van der Waals surface area contributed by atoms with Crippen molar-refractivity contribution in [2.75, 3.05) is 13.1 Å².